The van der Waals surface area contributed by atoms with Gasteiger partial charge >= 0.3 is 11.9 Å². The molecule has 0 amide bonds. The number of alkyl halides is 1. The fourth-order valence-electron chi connectivity index (χ4n) is 1.75. The number of esters is 2. The number of carbonyl (C=O) groups excluding carboxylic acids is 2. The lowest BCUT2D eigenvalue weighted by atomic mass is 9.94. The number of hydrogen-bond donors (Lipinski definition) is 1. The van der Waals surface area contributed by atoms with E-state index < -0.39 is 40.3 Å². The van der Waals surface area contributed by atoms with Crippen LogP contribution < -0.4 is 0 Å². The largest absolute Gasteiger partial charge is 0.467 e. The summed E-state index contributed by atoms with van der Waals surface area (Å²) in [6.07, 6.45) is -2.63. The smallest absolute Gasteiger partial charge is 0.336 e. The van der Waals surface area contributed by atoms with Crippen LogP contribution in [-0.2, 0) is 28.7 Å². The van der Waals surface area contributed by atoms with Gasteiger partial charge < -0.3 is 14.2 Å². The van der Waals surface area contributed by atoms with Crippen molar-refractivity contribution in [1.82, 2.24) is 0 Å². The molecule has 0 radical (unpaired) electrons. The molecule has 5 atom stereocenters. The van der Waals surface area contributed by atoms with Crippen LogP contribution in [-0.4, -0.2) is 46.7 Å². The van der Waals surface area contributed by atoms with E-state index >= 15 is 0 Å². The van der Waals surface area contributed by atoms with E-state index in [1.54, 1.807) is 6.92 Å². The van der Waals surface area contributed by atoms with Gasteiger partial charge in [-0.25, -0.2) is 14.9 Å². The lowest BCUT2D eigenvalue weighted by molar-refractivity contribution is -0.380. The standard InChI is InChI=1S/C10H15IO7/c1-4-7(16-5(2)12)6(11)8(9(13)15-3)17-10(4)18-14/h4,6-8,10,14H,1-3H3/t4?,6?,7-,8+,10+/m1/s1. The number of halogens is 1. The van der Waals surface area contributed by atoms with Crippen LogP contribution in [0.15, 0.2) is 0 Å². The summed E-state index contributed by atoms with van der Waals surface area (Å²) in [6.45, 7) is 2.96. The Hall–Kier alpha value is -0.450. The Morgan fingerprint density at radius 2 is 2.00 bits per heavy atom. The minimum atomic E-state index is -1.05. The van der Waals surface area contributed by atoms with Gasteiger partial charge in [0, 0.05) is 12.8 Å². The van der Waals surface area contributed by atoms with Crippen molar-refractivity contribution in [1.29, 1.82) is 0 Å². The minimum absolute atomic E-state index is 0.415. The third-order valence-corrected chi connectivity index (χ3v) is 4.03. The summed E-state index contributed by atoms with van der Waals surface area (Å²) in [5, 5.41) is 8.75. The Balaban J connectivity index is 2.91. The second kappa shape index (κ2) is 6.64. The van der Waals surface area contributed by atoms with Crippen molar-refractivity contribution in [2.45, 2.75) is 36.3 Å². The first-order valence-electron chi connectivity index (χ1n) is 5.27. The molecule has 104 valence electrons. The molecule has 7 nitrogen and oxygen atoms in total. The Kier molecular flexibility index (Phi) is 5.76. The van der Waals surface area contributed by atoms with Gasteiger partial charge in [-0.1, -0.05) is 29.5 Å². The number of methoxy groups -OCH3 is 1. The maximum Gasteiger partial charge on any atom is 0.336 e. The first-order chi connectivity index (χ1) is 8.42. The number of ether oxygens (including phenoxy) is 3. The second-order valence-electron chi connectivity index (χ2n) is 3.93. The minimum Gasteiger partial charge on any atom is -0.467 e. The zero-order valence-electron chi connectivity index (χ0n) is 10.2. The Morgan fingerprint density at radius 3 is 2.44 bits per heavy atom. The molecule has 1 aliphatic heterocycles. The molecule has 0 aromatic rings. The summed E-state index contributed by atoms with van der Waals surface area (Å²) in [4.78, 5) is 26.8. The van der Waals surface area contributed by atoms with E-state index in [1.165, 1.54) is 14.0 Å². The van der Waals surface area contributed by atoms with E-state index in [0.717, 1.165) is 0 Å². The lowest BCUT2D eigenvalue weighted by Crippen LogP contribution is -2.55. The van der Waals surface area contributed by atoms with Gasteiger partial charge in [0.2, 0.25) is 0 Å². The van der Waals surface area contributed by atoms with Gasteiger partial charge in [0.1, 0.15) is 6.10 Å². The van der Waals surface area contributed by atoms with Gasteiger partial charge in [0.15, 0.2) is 12.4 Å². The van der Waals surface area contributed by atoms with Crippen molar-refractivity contribution < 1.29 is 33.9 Å². The van der Waals surface area contributed by atoms with Crippen molar-refractivity contribution >= 4 is 34.5 Å². The van der Waals surface area contributed by atoms with Crippen molar-refractivity contribution in [2.24, 2.45) is 5.92 Å². The van der Waals surface area contributed by atoms with Crippen LogP contribution in [0.2, 0.25) is 0 Å². The fourth-order valence-corrected chi connectivity index (χ4v) is 3.01. The molecule has 1 N–H and O–H groups in total. The highest BCUT2D eigenvalue weighted by molar-refractivity contribution is 14.1. The predicted molar refractivity (Wildman–Crippen MR) is 66.9 cm³/mol. The van der Waals surface area contributed by atoms with Gasteiger partial charge in [0.05, 0.1) is 11.0 Å². The molecule has 1 fully saturated rings. The molecule has 0 bridgehead atoms. The van der Waals surface area contributed by atoms with E-state index in [9.17, 15) is 9.59 Å². The molecule has 0 aromatic heterocycles. The first-order valence-corrected chi connectivity index (χ1v) is 6.51. The molecule has 0 saturated carbocycles. The summed E-state index contributed by atoms with van der Waals surface area (Å²) < 4.78 is 14.6. The zero-order valence-corrected chi connectivity index (χ0v) is 12.3. The van der Waals surface area contributed by atoms with E-state index in [0.29, 0.717) is 0 Å². The van der Waals surface area contributed by atoms with Crippen LogP contribution >= 0.6 is 22.6 Å². The summed E-state index contributed by atoms with van der Waals surface area (Å²) in [5.41, 5.74) is 0. The average molecular weight is 374 g/mol. The monoisotopic (exact) mass is 374 g/mol. The van der Waals surface area contributed by atoms with E-state index in [2.05, 4.69) is 9.62 Å². The molecule has 0 spiro atoms. The average Bonchev–Trinajstić information content (AvgIpc) is 2.33. The van der Waals surface area contributed by atoms with Crippen molar-refractivity contribution in [3.8, 4) is 0 Å². The third-order valence-electron chi connectivity index (χ3n) is 2.67. The maximum atomic E-state index is 11.5. The van der Waals surface area contributed by atoms with E-state index in [-0.39, 0.29) is 0 Å². The Labute approximate surface area is 118 Å². The van der Waals surface area contributed by atoms with Crippen LogP contribution in [0.5, 0.6) is 0 Å². The maximum absolute atomic E-state index is 11.5. The topological polar surface area (TPSA) is 91.3 Å². The molecule has 1 saturated heterocycles. The number of rotatable bonds is 3. The van der Waals surface area contributed by atoms with Gasteiger partial charge in [-0.3, -0.25) is 4.79 Å². The van der Waals surface area contributed by atoms with E-state index in [4.69, 9.17) is 14.7 Å². The van der Waals surface area contributed by atoms with Crippen LogP contribution in [0, 0.1) is 5.92 Å². The quantitative estimate of drug-likeness (QED) is 0.256. The molecule has 1 heterocycles. The summed E-state index contributed by atoms with van der Waals surface area (Å²) >= 11 is 1.95. The zero-order chi connectivity index (χ0) is 13.9. The molecule has 1 aliphatic rings. The van der Waals surface area contributed by atoms with Gasteiger partial charge in [0.25, 0.3) is 0 Å². The Bertz CT molecular complexity index is 321. The highest BCUT2D eigenvalue weighted by atomic mass is 127. The SMILES string of the molecule is COC(=O)[C@H]1O[C@@H](OO)C(C)[C@@H](OC(C)=O)C1I. The summed E-state index contributed by atoms with van der Waals surface area (Å²) in [5.74, 6) is -1.50. The molecule has 1 rings (SSSR count). The highest BCUT2D eigenvalue weighted by Crippen LogP contribution is 2.33. The predicted octanol–water partition coefficient (Wildman–Crippen LogP) is 0.745. The van der Waals surface area contributed by atoms with Crippen molar-refractivity contribution in [2.75, 3.05) is 7.11 Å². The van der Waals surface area contributed by atoms with Crippen LogP contribution in [0.25, 0.3) is 0 Å². The van der Waals surface area contributed by atoms with E-state index in [1.807, 2.05) is 22.6 Å². The lowest BCUT2D eigenvalue weighted by Gasteiger charge is -2.40. The molecule has 18 heavy (non-hydrogen) atoms. The molecule has 8 heteroatoms. The molecule has 0 aliphatic carbocycles. The Morgan fingerprint density at radius 1 is 1.39 bits per heavy atom. The van der Waals surface area contributed by atoms with Gasteiger partial charge in [-0.05, 0) is 0 Å². The van der Waals surface area contributed by atoms with Gasteiger partial charge in [-0.15, -0.1) is 0 Å². The third kappa shape index (κ3) is 3.31. The normalized spacial score (nSPS) is 35.9. The molecular formula is C10H15IO7. The molecule has 0 aromatic carbocycles. The van der Waals surface area contributed by atoms with Crippen molar-refractivity contribution in [3.05, 3.63) is 0 Å². The summed E-state index contributed by atoms with van der Waals surface area (Å²) in [6, 6.07) is 0. The van der Waals surface area contributed by atoms with Gasteiger partial charge in [-0.2, -0.15) is 0 Å². The number of hydrogen-bond acceptors (Lipinski definition) is 7. The summed E-state index contributed by atoms with van der Waals surface area (Å²) in [7, 11) is 1.22. The number of carbonyl (C=O) groups is 2. The fraction of sp³-hybridized carbons (Fsp3) is 0.800. The van der Waals surface area contributed by atoms with Crippen LogP contribution in [0.3, 0.4) is 0 Å². The second-order valence-corrected chi connectivity index (χ2v) is 5.37. The van der Waals surface area contributed by atoms with Crippen LogP contribution in [0.1, 0.15) is 13.8 Å². The van der Waals surface area contributed by atoms with Crippen molar-refractivity contribution in [3.63, 3.8) is 0 Å². The molecule has 2 unspecified atom stereocenters. The first kappa shape index (κ1) is 15.6. The van der Waals surface area contributed by atoms with Crippen LogP contribution in [0.4, 0.5) is 0 Å². The molecular weight excluding hydrogens is 359 g/mol. The highest BCUT2D eigenvalue weighted by Gasteiger charge is 2.48.